The van der Waals surface area contributed by atoms with E-state index in [1.54, 1.807) is 6.92 Å². The lowest BCUT2D eigenvalue weighted by atomic mass is 10.2. The molecule has 1 aromatic rings. The van der Waals surface area contributed by atoms with Gasteiger partial charge in [0.2, 0.25) is 11.9 Å². The van der Waals surface area contributed by atoms with Crippen LogP contribution in [0, 0.1) is 12.9 Å². The SMILES string of the molecule is Cc1nc(F)c(C(=O)CCC(N)=O)s1. The highest BCUT2D eigenvalue weighted by molar-refractivity contribution is 7.13. The zero-order valence-corrected chi connectivity index (χ0v) is 8.36. The Labute approximate surface area is 83.9 Å². The Kier molecular flexibility index (Phi) is 3.29. The van der Waals surface area contributed by atoms with Gasteiger partial charge in [0.25, 0.3) is 0 Å². The Bertz CT molecular complexity index is 375. The van der Waals surface area contributed by atoms with Crippen molar-refractivity contribution in [2.45, 2.75) is 19.8 Å². The van der Waals surface area contributed by atoms with Crippen LogP contribution >= 0.6 is 11.3 Å². The minimum absolute atomic E-state index is 0.0243. The zero-order valence-electron chi connectivity index (χ0n) is 7.54. The summed E-state index contributed by atoms with van der Waals surface area (Å²) < 4.78 is 12.9. The first-order valence-electron chi connectivity index (χ1n) is 3.95. The molecule has 0 saturated heterocycles. The van der Waals surface area contributed by atoms with Gasteiger partial charge in [-0.3, -0.25) is 9.59 Å². The van der Waals surface area contributed by atoms with Gasteiger partial charge in [-0.05, 0) is 6.92 Å². The quantitative estimate of drug-likeness (QED) is 0.764. The molecular weight excluding hydrogens is 207 g/mol. The lowest BCUT2D eigenvalue weighted by Gasteiger charge is -1.93. The monoisotopic (exact) mass is 216 g/mol. The summed E-state index contributed by atoms with van der Waals surface area (Å²) in [6.45, 7) is 1.61. The number of rotatable bonds is 4. The fraction of sp³-hybridized carbons (Fsp3) is 0.375. The molecule has 0 aromatic carbocycles. The standard InChI is InChI=1S/C8H9FN2O2S/c1-4-11-8(9)7(14-4)5(12)2-3-6(10)13/h2-3H2,1H3,(H2,10,13). The Balaban J connectivity index is 2.69. The predicted molar refractivity (Wildman–Crippen MR) is 49.6 cm³/mol. The van der Waals surface area contributed by atoms with Gasteiger partial charge < -0.3 is 5.73 Å². The number of halogens is 1. The number of aromatic nitrogens is 1. The maximum atomic E-state index is 12.9. The second-order valence-electron chi connectivity index (χ2n) is 2.74. The van der Waals surface area contributed by atoms with Crippen LogP contribution in [-0.4, -0.2) is 16.7 Å². The fourth-order valence-electron chi connectivity index (χ4n) is 0.924. The first kappa shape index (κ1) is 10.8. The van der Waals surface area contributed by atoms with Crippen LogP contribution in [0.4, 0.5) is 4.39 Å². The number of thiazole rings is 1. The highest BCUT2D eigenvalue weighted by Crippen LogP contribution is 2.18. The van der Waals surface area contributed by atoms with Gasteiger partial charge in [-0.15, -0.1) is 11.3 Å². The van der Waals surface area contributed by atoms with E-state index in [1.807, 2.05) is 0 Å². The zero-order chi connectivity index (χ0) is 10.7. The van der Waals surface area contributed by atoms with E-state index < -0.39 is 17.6 Å². The van der Waals surface area contributed by atoms with Crippen molar-refractivity contribution in [3.05, 3.63) is 15.8 Å². The fourth-order valence-corrected chi connectivity index (χ4v) is 1.69. The van der Waals surface area contributed by atoms with Crippen molar-refractivity contribution in [2.75, 3.05) is 0 Å². The van der Waals surface area contributed by atoms with E-state index >= 15 is 0 Å². The highest BCUT2D eigenvalue weighted by Gasteiger charge is 2.16. The van der Waals surface area contributed by atoms with Gasteiger partial charge in [0, 0.05) is 12.8 Å². The second kappa shape index (κ2) is 4.28. The first-order chi connectivity index (χ1) is 6.50. The normalized spacial score (nSPS) is 10.1. The van der Waals surface area contributed by atoms with Crippen molar-refractivity contribution < 1.29 is 14.0 Å². The molecule has 1 aromatic heterocycles. The largest absolute Gasteiger partial charge is 0.370 e. The molecular formula is C8H9FN2O2S. The Morgan fingerprint density at radius 2 is 2.14 bits per heavy atom. The van der Waals surface area contributed by atoms with Crippen LogP contribution in [0.25, 0.3) is 0 Å². The summed E-state index contributed by atoms with van der Waals surface area (Å²) in [6, 6.07) is 0. The lowest BCUT2D eigenvalue weighted by Crippen LogP contribution is -2.12. The lowest BCUT2D eigenvalue weighted by molar-refractivity contribution is -0.118. The summed E-state index contributed by atoms with van der Waals surface area (Å²) in [5.41, 5.74) is 4.86. The van der Waals surface area contributed by atoms with Gasteiger partial charge in [0.1, 0.15) is 4.88 Å². The molecule has 6 heteroatoms. The topological polar surface area (TPSA) is 73.1 Å². The van der Waals surface area contributed by atoms with Crippen molar-refractivity contribution in [1.29, 1.82) is 0 Å². The maximum Gasteiger partial charge on any atom is 0.234 e. The molecule has 0 unspecified atom stereocenters. The van der Waals surface area contributed by atoms with Crippen LogP contribution < -0.4 is 5.73 Å². The molecule has 1 heterocycles. The van der Waals surface area contributed by atoms with E-state index in [2.05, 4.69) is 4.98 Å². The third kappa shape index (κ3) is 2.59. The number of carbonyl (C=O) groups is 2. The third-order valence-corrected chi connectivity index (χ3v) is 2.53. The number of primary amides is 1. The van der Waals surface area contributed by atoms with E-state index in [4.69, 9.17) is 5.73 Å². The number of hydrogen-bond acceptors (Lipinski definition) is 4. The number of nitrogens with zero attached hydrogens (tertiary/aromatic N) is 1. The molecule has 0 fully saturated rings. The minimum Gasteiger partial charge on any atom is -0.370 e. The van der Waals surface area contributed by atoms with E-state index in [1.165, 1.54) is 0 Å². The van der Waals surface area contributed by atoms with Crippen molar-refractivity contribution in [1.82, 2.24) is 4.98 Å². The van der Waals surface area contributed by atoms with E-state index in [0.29, 0.717) is 5.01 Å². The van der Waals surface area contributed by atoms with Gasteiger partial charge in [-0.25, -0.2) is 4.98 Å². The summed E-state index contributed by atoms with van der Waals surface area (Å²) in [7, 11) is 0. The first-order valence-corrected chi connectivity index (χ1v) is 4.76. The summed E-state index contributed by atoms with van der Waals surface area (Å²) >= 11 is 0.986. The van der Waals surface area contributed by atoms with Crippen LogP contribution in [0.2, 0.25) is 0 Å². The summed E-state index contributed by atoms with van der Waals surface area (Å²) in [4.78, 5) is 25.1. The molecule has 0 aliphatic rings. The van der Waals surface area contributed by atoms with Crippen LogP contribution in [0.15, 0.2) is 0 Å². The predicted octanol–water partition coefficient (Wildman–Crippen LogP) is 1.04. The van der Waals surface area contributed by atoms with Crippen LogP contribution in [0.5, 0.6) is 0 Å². The van der Waals surface area contributed by atoms with Crippen LogP contribution in [-0.2, 0) is 4.79 Å². The van der Waals surface area contributed by atoms with Crippen molar-refractivity contribution in [3.63, 3.8) is 0 Å². The average Bonchev–Trinajstić information content (AvgIpc) is 2.41. The minimum atomic E-state index is -0.762. The molecule has 1 rings (SSSR count). The summed E-state index contributed by atoms with van der Waals surface area (Å²) in [5.74, 6) is -1.76. The average molecular weight is 216 g/mol. The summed E-state index contributed by atoms with van der Waals surface area (Å²) in [5, 5.41) is 0.491. The molecule has 76 valence electrons. The Morgan fingerprint density at radius 1 is 1.50 bits per heavy atom. The van der Waals surface area contributed by atoms with Crippen molar-refractivity contribution in [2.24, 2.45) is 5.73 Å². The molecule has 0 spiro atoms. The molecule has 0 radical (unpaired) electrons. The molecule has 0 aliphatic carbocycles. The molecule has 2 N–H and O–H groups in total. The van der Waals surface area contributed by atoms with E-state index in [0.717, 1.165) is 11.3 Å². The van der Waals surface area contributed by atoms with Crippen LogP contribution in [0.3, 0.4) is 0 Å². The van der Waals surface area contributed by atoms with E-state index in [9.17, 15) is 14.0 Å². The van der Waals surface area contributed by atoms with Crippen molar-refractivity contribution in [3.8, 4) is 0 Å². The highest BCUT2D eigenvalue weighted by atomic mass is 32.1. The Hall–Kier alpha value is -1.30. The smallest absolute Gasteiger partial charge is 0.234 e. The third-order valence-electron chi connectivity index (χ3n) is 1.54. The number of Topliss-reactive ketones (excluding diaryl/α,β-unsaturated/α-hetero) is 1. The molecule has 4 nitrogen and oxygen atoms in total. The molecule has 0 bridgehead atoms. The number of carbonyl (C=O) groups excluding carboxylic acids is 2. The van der Waals surface area contributed by atoms with Gasteiger partial charge in [0.15, 0.2) is 5.78 Å². The van der Waals surface area contributed by atoms with Crippen LogP contribution in [0.1, 0.15) is 27.5 Å². The van der Waals surface area contributed by atoms with Gasteiger partial charge in [0.05, 0.1) is 5.01 Å². The van der Waals surface area contributed by atoms with Gasteiger partial charge >= 0.3 is 0 Å². The summed E-state index contributed by atoms with van der Waals surface area (Å²) in [6.07, 6.45) is -0.122. The molecule has 14 heavy (non-hydrogen) atoms. The van der Waals surface area contributed by atoms with Crippen molar-refractivity contribution >= 4 is 23.0 Å². The molecule has 0 aliphatic heterocycles. The van der Waals surface area contributed by atoms with Gasteiger partial charge in [-0.2, -0.15) is 4.39 Å². The molecule has 1 amide bonds. The second-order valence-corrected chi connectivity index (χ2v) is 3.95. The number of hydrogen-bond donors (Lipinski definition) is 1. The molecule has 0 saturated carbocycles. The van der Waals surface area contributed by atoms with Gasteiger partial charge in [-0.1, -0.05) is 0 Å². The number of amides is 1. The Morgan fingerprint density at radius 3 is 2.57 bits per heavy atom. The maximum absolute atomic E-state index is 12.9. The number of nitrogens with two attached hydrogens (primary N) is 1. The van der Waals surface area contributed by atoms with E-state index in [-0.39, 0.29) is 17.7 Å². The molecule has 0 atom stereocenters. The number of aryl methyl sites for hydroxylation is 1. The number of ketones is 1.